The molecule has 5 aromatic rings. The number of nitrogens with zero attached hydrogens (tertiary/aromatic N) is 2. The molecule has 0 aliphatic carbocycles. The number of ether oxygens (including phenoxy) is 1. The first kappa shape index (κ1) is 36.7. The number of aliphatic hydroxyl groups excluding tert-OH is 1. The summed E-state index contributed by atoms with van der Waals surface area (Å²) in [5, 5.41) is 27.5. The molecule has 12 nitrogen and oxygen atoms in total. The normalized spacial score (nSPS) is 14.8. The minimum atomic E-state index is -3.71. The topological polar surface area (TPSA) is 164 Å². The monoisotopic (exact) mass is 725 g/mol. The van der Waals surface area contributed by atoms with Crippen molar-refractivity contribution in [1.29, 1.82) is 0 Å². The van der Waals surface area contributed by atoms with E-state index in [9.17, 15) is 28.2 Å². The van der Waals surface area contributed by atoms with E-state index in [1.165, 1.54) is 16.4 Å². The summed E-state index contributed by atoms with van der Waals surface area (Å²) in [5.41, 5.74) is 3.91. The Morgan fingerprint density at radius 3 is 2.42 bits per heavy atom. The Kier molecular flexibility index (Phi) is 11.7. The summed E-state index contributed by atoms with van der Waals surface area (Å²) in [5.74, 6) is -0.0762. The zero-order valence-corrected chi connectivity index (χ0v) is 29.7. The second-order valence-corrected chi connectivity index (χ2v) is 14.9. The zero-order valence-electron chi connectivity index (χ0n) is 28.9. The second-order valence-electron chi connectivity index (χ2n) is 12.9. The standard InChI is InChI=1S/C39H43N5O7S/c1-43(23-24-44-21-19-29(20-22-44)51-39(48)41-34-10-6-5-9-31(34)28-7-3-2-4-8-28)52(49,50)30-13-11-27(12-14-30)25-40-26-36(46)32-15-17-35(45)38-33(32)16-18-37(47)42-38/h2-18,29,36,40,45-46H,19-26H2,1H3,(H,41,48)(H,42,47)/t36-/m0/s1. The molecule has 52 heavy (non-hydrogen) atoms. The van der Waals surface area contributed by atoms with Crippen LogP contribution < -0.4 is 16.2 Å². The van der Waals surface area contributed by atoms with Crippen molar-refractivity contribution in [2.75, 3.05) is 45.1 Å². The van der Waals surface area contributed by atoms with Crippen LogP contribution in [0.4, 0.5) is 10.5 Å². The van der Waals surface area contributed by atoms with Gasteiger partial charge in [-0.05, 0) is 59.9 Å². The summed E-state index contributed by atoms with van der Waals surface area (Å²) in [6.45, 7) is 2.82. The highest BCUT2D eigenvalue weighted by atomic mass is 32.2. The number of amides is 1. The number of para-hydroxylation sites is 1. The number of aliphatic hydroxyl groups is 1. The van der Waals surface area contributed by atoms with Crippen molar-refractivity contribution in [2.24, 2.45) is 0 Å². The average molecular weight is 726 g/mol. The number of carbonyl (C=O) groups excluding carboxylic acids is 1. The van der Waals surface area contributed by atoms with Crippen molar-refractivity contribution >= 4 is 32.7 Å². The van der Waals surface area contributed by atoms with Gasteiger partial charge < -0.3 is 30.2 Å². The molecule has 1 aliphatic heterocycles. The Morgan fingerprint density at radius 1 is 0.962 bits per heavy atom. The lowest BCUT2D eigenvalue weighted by Crippen LogP contribution is -2.42. The number of carbonyl (C=O) groups is 1. The molecule has 1 aliphatic rings. The number of benzene rings is 4. The van der Waals surface area contributed by atoms with Crippen molar-refractivity contribution in [3.05, 3.63) is 125 Å². The third kappa shape index (κ3) is 8.87. The van der Waals surface area contributed by atoms with E-state index in [2.05, 4.69) is 20.5 Å². The van der Waals surface area contributed by atoms with Crippen molar-refractivity contribution in [1.82, 2.24) is 19.5 Å². The third-order valence-corrected chi connectivity index (χ3v) is 11.2. The number of likely N-dealkylation sites (N-methyl/N-ethyl adjacent to an activating group) is 1. The first-order valence-corrected chi connectivity index (χ1v) is 18.7. The Balaban J connectivity index is 0.931. The number of phenolic OH excluding ortho intramolecular Hbond substituents is 1. The van der Waals surface area contributed by atoms with Crippen LogP contribution in [0.5, 0.6) is 5.75 Å². The minimum Gasteiger partial charge on any atom is -0.506 e. The van der Waals surface area contributed by atoms with Gasteiger partial charge >= 0.3 is 6.09 Å². The molecule has 13 heteroatoms. The molecule has 272 valence electrons. The Bertz CT molecular complexity index is 2150. The number of sulfonamides is 1. The lowest BCUT2D eigenvalue weighted by atomic mass is 10.0. The van der Waals surface area contributed by atoms with Crippen LogP contribution in [0.1, 0.15) is 30.1 Å². The summed E-state index contributed by atoms with van der Waals surface area (Å²) in [7, 11) is -2.14. The van der Waals surface area contributed by atoms with Crippen LogP contribution in [0.3, 0.4) is 0 Å². The molecular weight excluding hydrogens is 683 g/mol. The number of hydrogen-bond donors (Lipinski definition) is 5. The number of pyridine rings is 1. The quantitative estimate of drug-likeness (QED) is 0.112. The average Bonchev–Trinajstić information content (AvgIpc) is 3.15. The van der Waals surface area contributed by atoms with Crippen molar-refractivity contribution in [3.63, 3.8) is 0 Å². The smallest absolute Gasteiger partial charge is 0.411 e. The lowest BCUT2D eigenvalue weighted by Gasteiger charge is -2.32. The third-order valence-electron chi connectivity index (χ3n) is 9.35. The Labute approximate surface area is 302 Å². The predicted molar refractivity (Wildman–Crippen MR) is 201 cm³/mol. The molecule has 4 aromatic carbocycles. The van der Waals surface area contributed by atoms with E-state index in [0.29, 0.717) is 62.2 Å². The number of anilines is 1. The first-order valence-electron chi connectivity index (χ1n) is 17.2. The molecule has 0 spiro atoms. The van der Waals surface area contributed by atoms with E-state index >= 15 is 0 Å². The van der Waals surface area contributed by atoms with Crippen LogP contribution in [0.2, 0.25) is 0 Å². The summed E-state index contributed by atoms with van der Waals surface area (Å²) in [4.78, 5) is 29.4. The van der Waals surface area contributed by atoms with Crippen LogP contribution in [-0.2, 0) is 21.3 Å². The van der Waals surface area contributed by atoms with Gasteiger partial charge in [-0.25, -0.2) is 13.2 Å². The van der Waals surface area contributed by atoms with Gasteiger partial charge in [0.25, 0.3) is 0 Å². The fraction of sp³-hybridized carbons (Fsp3) is 0.282. The Morgan fingerprint density at radius 2 is 1.67 bits per heavy atom. The van der Waals surface area contributed by atoms with Crippen LogP contribution in [0, 0.1) is 0 Å². The van der Waals surface area contributed by atoms with Crippen LogP contribution in [-0.4, -0.2) is 84.8 Å². The maximum absolute atomic E-state index is 13.3. The number of aromatic amines is 1. The fourth-order valence-corrected chi connectivity index (χ4v) is 7.54. The zero-order chi connectivity index (χ0) is 36.7. The number of piperidine rings is 1. The fourth-order valence-electron chi connectivity index (χ4n) is 6.38. The molecule has 1 aromatic heterocycles. The molecular formula is C39H43N5O7S. The Hall–Kier alpha value is -5.05. The SMILES string of the molecule is CN(CCN1CCC(OC(=O)Nc2ccccc2-c2ccccc2)CC1)S(=O)(=O)c1ccc(CNC[C@H](O)c2ccc(O)c3[nH]c(=O)ccc23)cc1. The summed E-state index contributed by atoms with van der Waals surface area (Å²) < 4.78 is 33.7. The molecule has 1 atom stereocenters. The molecule has 1 saturated heterocycles. The molecule has 0 radical (unpaired) electrons. The predicted octanol–water partition coefficient (Wildman–Crippen LogP) is 5.06. The van der Waals surface area contributed by atoms with Crippen molar-refractivity contribution in [2.45, 2.75) is 36.5 Å². The van der Waals surface area contributed by atoms with Gasteiger partial charge in [-0.2, -0.15) is 4.31 Å². The minimum absolute atomic E-state index is 0.0762. The van der Waals surface area contributed by atoms with Crippen molar-refractivity contribution in [3.8, 4) is 16.9 Å². The number of hydrogen-bond acceptors (Lipinski definition) is 9. The van der Waals surface area contributed by atoms with Gasteiger partial charge in [0.2, 0.25) is 15.6 Å². The summed E-state index contributed by atoms with van der Waals surface area (Å²) in [6.07, 6.45) is -0.313. The first-order chi connectivity index (χ1) is 25.1. The van der Waals surface area contributed by atoms with Gasteiger partial charge in [0.05, 0.1) is 22.2 Å². The van der Waals surface area contributed by atoms with Crippen molar-refractivity contribution < 1.29 is 28.2 Å². The van der Waals surface area contributed by atoms with Gasteiger partial charge in [-0.1, -0.05) is 66.7 Å². The number of phenols is 1. The number of aromatic hydroxyl groups is 1. The van der Waals surface area contributed by atoms with E-state index in [-0.39, 0.29) is 34.4 Å². The number of rotatable bonds is 13. The highest BCUT2D eigenvalue weighted by Crippen LogP contribution is 2.29. The van der Waals surface area contributed by atoms with Crippen LogP contribution >= 0.6 is 0 Å². The second kappa shape index (κ2) is 16.5. The number of aromatic nitrogens is 1. The van der Waals surface area contributed by atoms with Crippen LogP contribution in [0.25, 0.3) is 22.0 Å². The van der Waals surface area contributed by atoms with Crippen LogP contribution in [0.15, 0.2) is 113 Å². The van der Waals surface area contributed by atoms with Gasteiger partial charge in [-0.15, -0.1) is 0 Å². The van der Waals surface area contributed by atoms with E-state index in [0.717, 1.165) is 16.7 Å². The van der Waals surface area contributed by atoms with Gasteiger partial charge in [-0.3, -0.25) is 10.1 Å². The van der Waals surface area contributed by atoms with E-state index in [1.54, 1.807) is 43.4 Å². The van der Waals surface area contributed by atoms with E-state index in [1.807, 2.05) is 54.6 Å². The molecule has 2 heterocycles. The number of nitrogens with one attached hydrogen (secondary N) is 3. The largest absolute Gasteiger partial charge is 0.506 e. The van der Waals surface area contributed by atoms with E-state index < -0.39 is 22.2 Å². The van der Waals surface area contributed by atoms with Gasteiger partial charge in [0, 0.05) is 63.3 Å². The molecule has 0 saturated carbocycles. The molecule has 1 amide bonds. The molecule has 5 N–H and O–H groups in total. The van der Waals surface area contributed by atoms with Gasteiger partial charge in [0.1, 0.15) is 11.9 Å². The lowest BCUT2D eigenvalue weighted by molar-refractivity contribution is 0.0581. The highest BCUT2D eigenvalue weighted by molar-refractivity contribution is 7.89. The number of H-pyrrole nitrogens is 1. The number of fused-ring (bicyclic) bond motifs is 1. The maximum Gasteiger partial charge on any atom is 0.411 e. The molecule has 0 unspecified atom stereocenters. The van der Waals surface area contributed by atoms with Gasteiger partial charge in [0.15, 0.2) is 0 Å². The number of likely N-dealkylation sites (tertiary alicyclic amines) is 1. The summed E-state index contributed by atoms with van der Waals surface area (Å²) in [6, 6.07) is 30.0. The van der Waals surface area contributed by atoms with E-state index in [4.69, 9.17) is 4.74 Å². The summed E-state index contributed by atoms with van der Waals surface area (Å²) >= 11 is 0. The molecule has 1 fully saturated rings. The molecule has 6 rings (SSSR count). The maximum atomic E-state index is 13.3. The molecule has 0 bridgehead atoms. The highest BCUT2D eigenvalue weighted by Gasteiger charge is 2.25.